The average Bonchev–Trinajstić information content (AvgIpc) is 2.84. The van der Waals surface area contributed by atoms with E-state index in [2.05, 4.69) is 33.8 Å². The second-order valence-corrected chi connectivity index (χ2v) is 9.83. The van der Waals surface area contributed by atoms with Crippen LogP contribution in [0.1, 0.15) is 85.5 Å². The molecule has 0 spiro atoms. The van der Waals surface area contributed by atoms with Crippen molar-refractivity contribution in [3.63, 3.8) is 0 Å². The number of allylic oxidation sites excluding steroid dienone is 2. The molecule has 124 valence electrons. The minimum Gasteiger partial charge on any atom is -0.0845 e. The fraction of sp³-hybridized carbons (Fsp3) is 0.909. The molecule has 3 fully saturated rings. The summed E-state index contributed by atoms with van der Waals surface area (Å²) in [5.74, 6) is 5.00. The smallest absolute Gasteiger partial charge is 0.00851 e. The first-order chi connectivity index (χ1) is 10.5. The van der Waals surface area contributed by atoms with Gasteiger partial charge in [0, 0.05) is 0 Å². The van der Waals surface area contributed by atoms with Crippen LogP contribution in [0, 0.1) is 40.4 Å². The van der Waals surface area contributed by atoms with Crippen molar-refractivity contribution >= 4 is 0 Å². The number of hydrogen-bond acceptors (Lipinski definition) is 0. The minimum absolute atomic E-state index is 0.570. The van der Waals surface area contributed by atoms with Crippen molar-refractivity contribution in [2.75, 3.05) is 0 Å². The summed E-state index contributed by atoms with van der Waals surface area (Å²) in [5, 5.41) is 0. The van der Waals surface area contributed by atoms with Crippen molar-refractivity contribution in [1.29, 1.82) is 0 Å². The Morgan fingerprint density at radius 3 is 2.64 bits per heavy atom. The van der Waals surface area contributed by atoms with Gasteiger partial charge in [-0.2, -0.15) is 0 Å². The van der Waals surface area contributed by atoms with Crippen molar-refractivity contribution in [1.82, 2.24) is 0 Å². The molecule has 0 bridgehead atoms. The third kappa shape index (κ3) is 1.94. The van der Waals surface area contributed by atoms with Gasteiger partial charge in [0.05, 0.1) is 0 Å². The predicted octanol–water partition coefficient (Wildman–Crippen LogP) is 6.61. The molecule has 0 aromatic heterocycles. The molecule has 3 saturated carbocycles. The second-order valence-electron chi connectivity index (χ2n) is 9.83. The first-order valence-corrected chi connectivity index (χ1v) is 10.2. The maximum Gasteiger partial charge on any atom is -0.00851 e. The quantitative estimate of drug-likeness (QED) is 0.478. The van der Waals surface area contributed by atoms with E-state index >= 15 is 0 Å². The molecule has 0 N–H and O–H groups in total. The number of hydrogen-bond donors (Lipinski definition) is 0. The van der Waals surface area contributed by atoms with Crippen molar-refractivity contribution in [3.05, 3.63) is 11.6 Å². The van der Waals surface area contributed by atoms with Crippen LogP contribution >= 0.6 is 0 Å². The molecule has 4 aliphatic carbocycles. The van der Waals surface area contributed by atoms with E-state index in [9.17, 15) is 0 Å². The zero-order chi connectivity index (χ0) is 15.5. The van der Waals surface area contributed by atoms with Gasteiger partial charge in [0.25, 0.3) is 0 Å². The number of rotatable bonds is 1. The first kappa shape index (κ1) is 15.3. The zero-order valence-corrected chi connectivity index (χ0v) is 15.3. The lowest BCUT2D eigenvalue weighted by molar-refractivity contribution is -0.0441. The number of fused-ring (bicyclic) bond motifs is 5. The van der Waals surface area contributed by atoms with Gasteiger partial charge in [0.15, 0.2) is 0 Å². The summed E-state index contributed by atoms with van der Waals surface area (Å²) < 4.78 is 0. The van der Waals surface area contributed by atoms with Gasteiger partial charge in [0.2, 0.25) is 0 Å². The molecule has 0 radical (unpaired) electrons. The van der Waals surface area contributed by atoms with E-state index < -0.39 is 0 Å². The summed E-state index contributed by atoms with van der Waals surface area (Å²) in [6.07, 6.45) is 16.0. The standard InChI is InChI=1S/C22H36/c1-5-16-7-9-19-18-8-6-17-14-15(2)10-12-22(17,4)20(18)11-13-21(16,19)3/h6,15-16,18-20H,5,7-14H2,1-4H3. The Hall–Kier alpha value is -0.260. The molecule has 0 nitrogen and oxygen atoms in total. The van der Waals surface area contributed by atoms with Gasteiger partial charge >= 0.3 is 0 Å². The Labute approximate surface area is 138 Å². The van der Waals surface area contributed by atoms with E-state index in [-0.39, 0.29) is 0 Å². The van der Waals surface area contributed by atoms with Crippen molar-refractivity contribution in [2.24, 2.45) is 40.4 Å². The predicted molar refractivity (Wildman–Crippen MR) is 94.6 cm³/mol. The molecule has 0 aromatic carbocycles. The largest absolute Gasteiger partial charge is 0.0845 e. The maximum absolute atomic E-state index is 2.72. The van der Waals surface area contributed by atoms with Crippen molar-refractivity contribution < 1.29 is 0 Å². The third-order valence-corrected chi connectivity index (χ3v) is 9.04. The van der Waals surface area contributed by atoms with Gasteiger partial charge in [-0.3, -0.25) is 0 Å². The van der Waals surface area contributed by atoms with Crippen LogP contribution in [0.5, 0.6) is 0 Å². The molecule has 4 rings (SSSR count). The molecule has 4 aliphatic rings. The Morgan fingerprint density at radius 1 is 1.05 bits per heavy atom. The SMILES string of the molecule is CCC1CCC2C3CC=C4CC(C)CCC4(C)C3CCC12C. The zero-order valence-electron chi connectivity index (χ0n) is 15.3. The lowest BCUT2D eigenvalue weighted by Gasteiger charge is -2.58. The van der Waals surface area contributed by atoms with E-state index in [1.54, 1.807) is 0 Å². The highest BCUT2D eigenvalue weighted by Crippen LogP contribution is 2.66. The summed E-state index contributed by atoms with van der Waals surface area (Å²) in [6, 6.07) is 0. The minimum atomic E-state index is 0.570. The normalized spacial score (nSPS) is 54.2. The summed E-state index contributed by atoms with van der Waals surface area (Å²) in [6.45, 7) is 10.2. The molecule has 0 heterocycles. The first-order valence-electron chi connectivity index (χ1n) is 10.2. The third-order valence-electron chi connectivity index (χ3n) is 9.04. The fourth-order valence-electron chi connectivity index (χ4n) is 7.62. The Morgan fingerprint density at radius 2 is 1.86 bits per heavy atom. The van der Waals surface area contributed by atoms with E-state index in [0.717, 1.165) is 29.6 Å². The van der Waals surface area contributed by atoms with E-state index in [1.807, 2.05) is 5.57 Å². The maximum atomic E-state index is 2.72. The Bertz CT molecular complexity index is 474. The van der Waals surface area contributed by atoms with Gasteiger partial charge < -0.3 is 0 Å². The lowest BCUT2D eigenvalue weighted by atomic mass is 9.47. The molecule has 7 unspecified atom stereocenters. The van der Waals surface area contributed by atoms with Crippen LogP contribution < -0.4 is 0 Å². The average molecular weight is 301 g/mol. The van der Waals surface area contributed by atoms with E-state index in [0.29, 0.717) is 10.8 Å². The van der Waals surface area contributed by atoms with Gasteiger partial charge in [-0.15, -0.1) is 0 Å². The molecule has 0 aliphatic heterocycles. The van der Waals surface area contributed by atoms with Crippen LogP contribution in [0.3, 0.4) is 0 Å². The highest BCUT2D eigenvalue weighted by molar-refractivity contribution is 5.24. The molecule has 0 saturated heterocycles. The van der Waals surface area contributed by atoms with E-state index in [4.69, 9.17) is 0 Å². The Kier molecular flexibility index (Phi) is 3.55. The van der Waals surface area contributed by atoms with Gasteiger partial charge in [0.1, 0.15) is 0 Å². The highest BCUT2D eigenvalue weighted by atomic mass is 14.6. The summed E-state index contributed by atoms with van der Waals surface area (Å²) in [7, 11) is 0. The van der Waals surface area contributed by atoms with Gasteiger partial charge in [-0.05, 0) is 91.8 Å². The van der Waals surface area contributed by atoms with Crippen molar-refractivity contribution in [2.45, 2.75) is 85.5 Å². The topological polar surface area (TPSA) is 0 Å². The van der Waals surface area contributed by atoms with Crippen LogP contribution in [0.25, 0.3) is 0 Å². The van der Waals surface area contributed by atoms with Crippen LogP contribution in [-0.2, 0) is 0 Å². The monoisotopic (exact) mass is 300 g/mol. The fourth-order valence-corrected chi connectivity index (χ4v) is 7.62. The van der Waals surface area contributed by atoms with Crippen LogP contribution in [0.2, 0.25) is 0 Å². The van der Waals surface area contributed by atoms with Crippen LogP contribution in [0.15, 0.2) is 11.6 Å². The van der Waals surface area contributed by atoms with Crippen LogP contribution in [-0.4, -0.2) is 0 Å². The summed E-state index contributed by atoms with van der Waals surface area (Å²) in [4.78, 5) is 0. The highest BCUT2D eigenvalue weighted by Gasteiger charge is 2.57. The summed E-state index contributed by atoms with van der Waals surface area (Å²) >= 11 is 0. The lowest BCUT2D eigenvalue weighted by Crippen LogP contribution is -2.49. The molecular weight excluding hydrogens is 264 g/mol. The molecule has 7 atom stereocenters. The molecule has 0 amide bonds. The second kappa shape index (κ2) is 5.12. The molecule has 0 aromatic rings. The summed E-state index contributed by atoms with van der Waals surface area (Å²) in [5.41, 5.74) is 3.11. The Balaban J connectivity index is 1.66. The van der Waals surface area contributed by atoms with Gasteiger partial charge in [-0.25, -0.2) is 0 Å². The van der Waals surface area contributed by atoms with Crippen LogP contribution in [0.4, 0.5) is 0 Å². The molecule has 22 heavy (non-hydrogen) atoms. The molecule has 0 heteroatoms. The van der Waals surface area contributed by atoms with Gasteiger partial charge in [-0.1, -0.05) is 45.8 Å². The van der Waals surface area contributed by atoms with E-state index in [1.165, 1.54) is 57.8 Å². The molecular formula is C22H36. The van der Waals surface area contributed by atoms with Crippen molar-refractivity contribution in [3.8, 4) is 0 Å².